The highest BCUT2D eigenvalue weighted by atomic mass is 24.5. The van der Waals surface area contributed by atoms with Crippen molar-refractivity contribution in [1.82, 2.24) is 0 Å². The Morgan fingerprint density at radius 2 is 1.43 bits per heavy atom. The van der Waals surface area contributed by atoms with Gasteiger partial charge in [0, 0.05) is 0 Å². The number of hydrogen-bond acceptors (Lipinski definition) is 2. The molecule has 2 unspecified atom stereocenters. The Morgan fingerprint density at radius 3 is 1.43 bits per heavy atom. The summed E-state index contributed by atoms with van der Waals surface area (Å²) in [6, 6.07) is 0. The second-order valence-electron chi connectivity index (χ2n) is 1.93. The van der Waals surface area contributed by atoms with Crippen LogP contribution in [0.2, 0.25) is 0 Å². The summed E-state index contributed by atoms with van der Waals surface area (Å²) in [6.07, 6.45) is 0. The van der Waals surface area contributed by atoms with E-state index in [9.17, 15) is 0 Å². The van der Waals surface area contributed by atoms with Gasteiger partial charge in [-0.15, -0.1) is 0 Å². The molecule has 0 radical (unpaired) electrons. The van der Waals surface area contributed by atoms with Crippen molar-refractivity contribution < 1.29 is 10.2 Å². The predicted molar refractivity (Wildman–Crippen MR) is 29.1 cm³/mol. The molecule has 0 aromatic carbocycles. The van der Waals surface area contributed by atoms with Crippen molar-refractivity contribution in [3.63, 3.8) is 0 Å². The lowest BCUT2D eigenvalue weighted by Crippen LogP contribution is -2.23. The number of hydrogen-bond donors (Lipinski definition) is 2. The van der Waals surface area contributed by atoms with Crippen molar-refractivity contribution in [2.75, 3.05) is 0 Å². The third kappa shape index (κ3) is 6.69. The zero-order valence-corrected chi connectivity index (χ0v) is 6.17. The van der Waals surface area contributed by atoms with Gasteiger partial charge in [-0.25, -0.2) is 0 Å². The molecule has 3 heteroatoms. The minimum Gasteiger partial charge on any atom is -0.421 e. The minimum atomic E-state index is -0.608. The molecule has 2 N–H and O–H groups in total. The van der Waals surface area contributed by atoms with E-state index < -0.39 is 20.4 Å². The molecule has 2 nitrogen and oxygen atoms in total. The highest BCUT2D eigenvalue weighted by Crippen LogP contribution is 1.80. The van der Waals surface area contributed by atoms with Crippen molar-refractivity contribution in [3.05, 3.63) is 0 Å². The van der Waals surface area contributed by atoms with Gasteiger partial charge in [0.05, 0.1) is 0 Å². The summed E-state index contributed by atoms with van der Waals surface area (Å²) in [4.78, 5) is 0. The van der Waals surface area contributed by atoms with Gasteiger partial charge in [0.25, 0.3) is 0 Å². The van der Waals surface area contributed by atoms with E-state index in [0.29, 0.717) is 0 Å². The van der Waals surface area contributed by atoms with Crippen LogP contribution in [0.25, 0.3) is 0 Å². The summed E-state index contributed by atoms with van der Waals surface area (Å²) in [6.45, 7) is 3.44. The molecule has 0 heterocycles. The fraction of sp³-hybridized carbons (Fsp3) is 1.00. The van der Waals surface area contributed by atoms with Crippen LogP contribution in [0, 0.1) is 0 Å². The van der Waals surface area contributed by atoms with Crippen LogP contribution < -0.4 is 0 Å². The largest absolute Gasteiger partial charge is 0.453 e. The highest BCUT2D eigenvalue weighted by molar-refractivity contribution is 6.38. The zero-order chi connectivity index (χ0) is 5.86. The van der Waals surface area contributed by atoms with Crippen LogP contribution in [0.3, 0.4) is 0 Å². The first-order chi connectivity index (χ1) is 3.13. The standard InChI is InChI=1S/2C2H5O.Mg/c2*1-2-3;/h2*2-3H,1H3;. The maximum absolute atomic E-state index is 8.62. The van der Waals surface area contributed by atoms with Gasteiger partial charge < -0.3 is 10.2 Å². The molecule has 0 bridgehead atoms. The molecule has 0 rings (SSSR count). The lowest BCUT2D eigenvalue weighted by Gasteiger charge is -2.00. The SMILES string of the molecule is C[CH](O)[Mg][CH](C)O. The van der Waals surface area contributed by atoms with Crippen LogP contribution in [-0.4, -0.2) is 39.0 Å². The van der Waals surface area contributed by atoms with Crippen molar-refractivity contribution in [2.45, 2.75) is 22.3 Å². The van der Waals surface area contributed by atoms with Crippen molar-refractivity contribution in [3.8, 4) is 0 Å². The van der Waals surface area contributed by atoms with Gasteiger partial charge in [0.15, 0.2) is 0 Å². The Hall–Kier alpha value is 0.686. The molecule has 0 spiro atoms. The third-order valence-corrected chi connectivity index (χ3v) is 2.05. The molecular formula is C4H10MgO2. The molecule has 0 saturated carbocycles. The fourth-order valence-electron chi connectivity index (χ4n) is 0.494. The van der Waals surface area contributed by atoms with E-state index in [0.717, 1.165) is 0 Å². The van der Waals surface area contributed by atoms with Gasteiger partial charge in [-0.3, -0.25) is 0 Å². The van der Waals surface area contributed by atoms with Gasteiger partial charge in [-0.1, -0.05) is 13.8 Å². The molecule has 0 aliphatic rings. The molecular weight excluding hydrogens is 104 g/mol. The van der Waals surface area contributed by atoms with E-state index in [4.69, 9.17) is 10.2 Å². The number of rotatable bonds is 2. The summed E-state index contributed by atoms with van der Waals surface area (Å²) in [7, 11) is 0. The maximum Gasteiger partial charge on any atom is 0.453 e. The van der Waals surface area contributed by atoms with Crippen LogP contribution >= 0.6 is 0 Å². The van der Waals surface area contributed by atoms with Gasteiger partial charge in [0.2, 0.25) is 0 Å². The van der Waals surface area contributed by atoms with Crippen molar-refractivity contribution in [1.29, 1.82) is 0 Å². The summed E-state index contributed by atoms with van der Waals surface area (Å²) in [5, 5.41) is 17.2. The molecule has 7 heavy (non-hydrogen) atoms. The smallest absolute Gasteiger partial charge is 0.421 e. The second kappa shape index (κ2) is 3.66. The lowest BCUT2D eigenvalue weighted by atomic mass is 10.8. The zero-order valence-electron chi connectivity index (χ0n) is 4.76. The summed E-state index contributed by atoms with van der Waals surface area (Å²) >= 11 is -0.608. The quantitative estimate of drug-likeness (QED) is 0.469. The Balaban J connectivity index is 2.95. The normalized spacial score (nSPS) is 17.7. The van der Waals surface area contributed by atoms with Gasteiger partial charge in [-0.2, -0.15) is 0 Å². The van der Waals surface area contributed by atoms with Crippen LogP contribution in [0.15, 0.2) is 0 Å². The van der Waals surface area contributed by atoms with Crippen LogP contribution in [0.1, 0.15) is 13.8 Å². The molecule has 0 saturated heterocycles. The second-order valence-corrected chi connectivity index (χ2v) is 4.77. The molecule has 40 valence electrons. The van der Waals surface area contributed by atoms with E-state index in [-0.39, 0.29) is 8.47 Å². The molecule has 0 amide bonds. The summed E-state index contributed by atoms with van der Waals surface area (Å²) in [5.41, 5.74) is 0. The van der Waals surface area contributed by atoms with E-state index in [1.807, 2.05) is 0 Å². The van der Waals surface area contributed by atoms with Gasteiger partial charge in [-0.05, 0) is 8.47 Å². The van der Waals surface area contributed by atoms with E-state index in [1.54, 1.807) is 13.8 Å². The first kappa shape index (κ1) is 7.69. The van der Waals surface area contributed by atoms with Crippen LogP contribution in [-0.2, 0) is 0 Å². The topological polar surface area (TPSA) is 40.5 Å². The first-order valence-electron chi connectivity index (χ1n) is 2.49. The average molecular weight is 114 g/mol. The third-order valence-electron chi connectivity index (χ3n) is 0.682. The Kier molecular flexibility index (Phi) is 4.02. The van der Waals surface area contributed by atoms with Gasteiger partial charge in [0.1, 0.15) is 0 Å². The fourth-order valence-corrected chi connectivity index (χ4v) is 1.48. The van der Waals surface area contributed by atoms with Crippen LogP contribution in [0.4, 0.5) is 0 Å². The molecule has 0 aliphatic carbocycles. The molecule has 0 aliphatic heterocycles. The molecule has 0 fully saturated rings. The Bertz CT molecular complexity index is 39.0. The first-order valence-corrected chi connectivity index (χ1v) is 4.12. The minimum absolute atomic E-state index is 0.236. The number of aliphatic hydroxyl groups is 2. The van der Waals surface area contributed by atoms with E-state index in [1.165, 1.54) is 0 Å². The Labute approximate surface area is 53.3 Å². The number of aliphatic hydroxyl groups excluding tert-OH is 2. The van der Waals surface area contributed by atoms with Crippen molar-refractivity contribution >= 4 is 20.4 Å². The lowest BCUT2D eigenvalue weighted by molar-refractivity contribution is 0.235. The monoisotopic (exact) mass is 114 g/mol. The average Bonchev–Trinajstić information content (AvgIpc) is 1.27. The highest BCUT2D eigenvalue weighted by Gasteiger charge is 2.07. The van der Waals surface area contributed by atoms with E-state index in [2.05, 4.69) is 0 Å². The molecule has 0 aromatic heterocycles. The summed E-state index contributed by atoms with van der Waals surface area (Å²) in [5.74, 6) is 0. The van der Waals surface area contributed by atoms with E-state index >= 15 is 0 Å². The Morgan fingerprint density at radius 1 is 1.14 bits per heavy atom. The summed E-state index contributed by atoms with van der Waals surface area (Å²) < 4.78 is -0.472. The van der Waals surface area contributed by atoms with Gasteiger partial charge >= 0.3 is 20.4 Å². The van der Waals surface area contributed by atoms with Crippen molar-refractivity contribution in [2.24, 2.45) is 0 Å². The molecule has 2 atom stereocenters. The predicted octanol–water partition coefficient (Wildman–Crippen LogP) is -0.633. The molecule has 0 aromatic rings. The maximum atomic E-state index is 8.62. The van der Waals surface area contributed by atoms with Crippen LogP contribution in [0.5, 0.6) is 0 Å².